The van der Waals surface area contributed by atoms with E-state index in [1.54, 1.807) is 18.5 Å². The largest absolute Gasteiger partial charge is 0.368 e. The standard InChI is InChI=1S/C27H33N7O2/c1-27(2,3)23-18-36-33-25(23)32-26(35)31-22-9-7-8-20(16-22)10-11-21-17-28-19-30-24(21)29-12-15-34-13-5-4-6-14-34/h7-9,16-19H,4-6,12-15H2,1-3H3,(H,28,29,30)(H2,31,32,33,35). The van der Waals surface area contributed by atoms with Gasteiger partial charge in [0.05, 0.1) is 5.56 Å². The molecule has 0 bridgehead atoms. The van der Waals surface area contributed by atoms with Crippen LogP contribution >= 0.6 is 0 Å². The quantitative estimate of drug-likeness (QED) is 0.432. The molecule has 0 aliphatic carbocycles. The molecule has 1 saturated heterocycles. The van der Waals surface area contributed by atoms with Crippen LogP contribution in [0.4, 0.5) is 22.1 Å². The Hall–Kier alpha value is -3.90. The van der Waals surface area contributed by atoms with Crippen LogP contribution in [-0.4, -0.2) is 52.2 Å². The number of anilines is 3. The lowest BCUT2D eigenvalue weighted by Crippen LogP contribution is -2.33. The maximum absolute atomic E-state index is 12.5. The average molecular weight is 488 g/mol. The molecule has 0 saturated carbocycles. The van der Waals surface area contributed by atoms with Gasteiger partial charge in [-0.3, -0.25) is 5.32 Å². The van der Waals surface area contributed by atoms with E-state index in [-0.39, 0.29) is 5.41 Å². The van der Waals surface area contributed by atoms with Gasteiger partial charge in [-0.1, -0.05) is 50.3 Å². The second-order valence-corrected chi connectivity index (χ2v) is 9.85. The molecule has 1 aliphatic heterocycles. The molecular formula is C27H33N7O2. The van der Waals surface area contributed by atoms with Crippen molar-refractivity contribution in [3.05, 3.63) is 59.7 Å². The van der Waals surface area contributed by atoms with Gasteiger partial charge in [0.25, 0.3) is 0 Å². The van der Waals surface area contributed by atoms with Gasteiger partial charge in [0.1, 0.15) is 18.4 Å². The van der Waals surface area contributed by atoms with E-state index >= 15 is 0 Å². The third kappa shape index (κ3) is 7.06. The van der Waals surface area contributed by atoms with E-state index in [2.05, 4.69) is 47.8 Å². The fourth-order valence-corrected chi connectivity index (χ4v) is 4.02. The molecule has 3 aromatic rings. The van der Waals surface area contributed by atoms with Gasteiger partial charge in [-0.05, 0) is 49.5 Å². The molecule has 0 spiro atoms. The maximum Gasteiger partial charge on any atom is 0.324 e. The van der Waals surface area contributed by atoms with Gasteiger partial charge in [0.2, 0.25) is 0 Å². The second-order valence-electron chi connectivity index (χ2n) is 9.85. The number of amides is 2. The Morgan fingerprint density at radius 1 is 1.11 bits per heavy atom. The minimum Gasteiger partial charge on any atom is -0.368 e. The van der Waals surface area contributed by atoms with Crippen LogP contribution in [0, 0.1) is 11.8 Å². The number of carbonyl (C=O) groups excluding carboxylic acids is 1. The number of likely N-dealkylation sites (tertiary alicyclic amines) is 1. The van der Waals surface area contributed by atoms with Crippen molar-refractivity contribution in [1.82, 2.24) is 20.0 Å². The number of urea groups is 1. The van der Waals surface area contributed by atoms with Crippen LogP contribution in [0.1, 0.15) is 56.7 Å². The molecule has 9 nitrogen and oxygen atoms in total. The third-order valence-corrected chi connectivity index (χ3v) is 5.95. The molecule has 2 amide bonds. The van der Waals surface area contributed by atoms with Crippen molar-refractivity contribution in [3.8, 4) is 11.8 Å². The summed E-state index contributed by atoms with van der Waals surface area (Å²) in [5, 5.41) is 12.9. The number of carbonyl (C=O) groups is 1. The van der Waals surface area contributed by atoms with Crippen molar-refractivity contribution in [2.45, 2.75) is 45.4 Å². The summed E-state index contributed by atoms with van der Waals surface area (Å²) in [4.78, 5) is 23.5. The summed E-state index contributed by atoms with van der Waals surface area (Å²) in [5.74, 6) is 7.44. The maximum atomic E-state index is 12.5. The Labute approximate surface area is 212 Å². The second kappa shape index (κ2) is 11.7. The molecule has 9 heteroatoms. The van der Waals surface area contributed by atoms with Crippen molar-refractivity contribution >= 4 is 23.4 Å². The molecule has 1 aromatic carbocycles. The number of hydrogen-bond acceptors (Lipinski definition) is 7. The normalized spacial score (nSPS) is 14.0. The molecule has 36 heavy (non-hydrogen) atoms. The highest BCUT2D eigenvalue weighted by Crippen LogP contribution is 2.28. The molecule has 0 radical (unpaired) electrons. The topological polar surface area (TPSA) is 108 Å². The van der Waals surface area contributed by atoms with Crippen LogP contribution in [0.25, 0.3) is 0 Å². The van der Waals surface area contributed by atoms with Crippen molar-refractivity contribution in [2.75, 3.05) is 42.1 Å². The van der Waals surface area contributed by atoms with Gasteiger partial charge in [0.15, 0.2) is 5.82 Å². The van der Waals surface area contributed by atoms with Crippen molar-refractivity contribution in [2.24, 2.45) is 0 Å². The lowest BCUT2D eigenvalue weighted by atomic mass is 9.89. The van der Waals surface area contributed by atoms with Crippen molar-refractivity contribution in [3.63, 3.8) is 0 Å². The zero-order valence-corrected chi connectivity index (χ0v) is 21.1. The molecular weight excluding hydrogens is 454 g/mol. The zero-order chi connectivity index (χ0) is 25.4. The molecule has 1 fully saturated rings. The van der Waals surface area contributed by atoms with E-state index in [9.17, 15) is 4.79 Å². The summed E-state index contributed by atoms with van der Waals surface area (Å²) in [7, 11) is 0. The summed E-state index contributed by atoms with van der Waals surface area (Å²) in [5.41, 5.74) is 2.72. The first kappa shape index (κ1) is 25.2. The summed E-state index contributed by atoms with van der Waals surface area (Å²) in [6, 6.07) is 6.94. The Morgan fingerprint density at radius 2 is 1.94 bits per heavy atom. The summed E-state index contributed by atoms with van der Waals surface area (Å²) >= 11 is 0. The van der Waals surface area contributed by atoms with Crippen molar-refractivity contribution < 1.29 is 9.32 Å². The SMILES string of the molecule is CC(C)(C)c1conc1NC(=O)Nc1cccc(C#Cc2cncnc2NCCN2CCCCC2)c1. The fourth-order valence-electron chi connectivity index (χ4n) is 4.02. The van der Waals surface area contributed by atoms with Gasteiger partial charge < -0.3 is 20.1 Å². The summed E-state index contributed by atoms with van der Waals surface area (Å²) in [6.07, 6.45) is 8.67. The van der Waals surface area contributed by atoms with Gasteiger partial charge in [-0.25, -0.2) is 14.8 Å². The highest BCUT2D eigenvalue weighted by molar-refractivity contribution is 5.99. The van der Waals surface area contributed by atoms with Crippen LogP contribution in [0.5, 0.6) is 0 Å². The molecule has 3 N–H and O–H groups in total. The predicted molar refractivity (Wildman–Crippen MR) is 141 cm³/mol. The van der Waals surface area contributed by atoms with E-state index in [0.717, 1.165) is 48.7 Å². The first-order valence-corrected chi connectivity index (χ1v) is 12.3. The number of piperidine rings is 1. The molecule has 0 atom stereocenters. The van der Waals surface area contributed by atoms with Crippen molar-refractivity contribution in [1.29, 1.82) is 0 Å². The summed E-state index contributed by atoms with van der Waals surface area (Å²) < 4.78 is 5.05. The number of rotatable bonds is 6. The van der Waals surface area contributed by atoms with Crippen LogP contribution < -0.4 is 16.0 Å². The van der Waals surface area contributed by atoms with Gasteiger partial charge >= 0.3 is 6.03 Å². The van der Waals surface area contributed by atoms with E-state index in [4.69, 9.17) is 4.52 Å². The van der Waals surface area contributed by atoms with Gasteiger partial charge in [0, 0.05) is 36.1 Å². The Bertz CT molecular complexity index is 1230. The molecule has 4 rings (SSSR count). The number of benzene rings is 1. The Balaban J connectivity index is 1.37. The molecule has 2 aromatic heterocycles. The first-order valence-electron chi connectivity index (χ1n) is 12.3. The fraction of sp³-hybridized carbons (Fsp3) is 0.407. The van der Waals surface area contributed by atoms with Gasteiger partial charge in [-0.15, -0.1) is 0 Å². The molecule has 3 heterocycles. The zero-order valence-electron chi connectivity index (χ0n) is 21.1. The number of nitrogens with one attached hydrogen (secondary N) is 3. The predicted octanol–water partition coefficient (Wildman–Crippen LogP) is 4.70. The summed E-state index contributed by atoms with van der Waals surface area (Å²) in [6.45, 7) is 10.2. The van der Waals surface area contributed by atoms with E-state index in [1.165, 1.54) is 25.6 Å². The highest BCUT2D eigenvalue weighted by atomic mass is 16.5. The van der Waals surface area contributed by atoms with E-state index < -0.39 is 6.03 Å². The lowest BCUT2D eigenvalue weighted by molar-refractivity contribution is 0.237. The minimum atomic E-state index is -0.406. The van der Waals surface area contributed by atoms with Crippen LogP contribution in [0.3, 0.4) is 0 Å². The van der Waals surface area contributed by atoms with Crippen LogP contribution in [0.2, 0.25) is 0 Å². The third-order valence-electron chi connectivity index (χ3n) is 5.95. The highest BCUT2D eigenvalue weighted by Gasteiger charge is 2.22. The monoisotopic (exact) mass is 487 g/mol. The minimum absolute atomic E-state index is 0.208. The Morgan fingerprint density at radius 3 is 2.75 bits per heavy atom. The van der Waals surface area contributed by atoms with Crippen LogP contribution in [-0.2, 0) is 5.41 Å². The molecule has 1 aliphatic rings. The number of aromatic nitrogens is 3. The smallest absolute Gasteiger partial charge is 0.324 e. The van der Waals surface area contributed by atoms with Gasteiger partial charge in [-0.2, -0.15) is 0 Å². The van der Waals surface area contributed by atoms with E-state index in [1.807, 2.05) is 39.0 Å². The van der Waals surface area contributed by atoms with Crippen LogP contribution in [0.15, 0.2) is 47.6 Å². The van der Waals surface area contributed by atoms with E-state index in [0.29, 0.717) is 11.5 Å². The molecule has 0 unspecified atom stereocenters. The lowest BCUT2D eigenvalue weighted by Gasteiger charge is -2.26. The molecule has 188 valence electrons. The number of nitrogens with zero attached hydrogens (tertiary/aromatic N) is 4. The first-order chi connectivity index (χ1) is 17.4. The Kier molecular flexibility index (Phi) is 8.18. The number of hydrogen-bond donors (Lipinski definition) is 3. The average Bonchev–Trinajstić information content (AvgIpc) is 3.33.